The molecule has 0 radical (unpaired) electrons. The van der Waals surface area contributed by atoms with Crippen molar-refractivity contribution in [3.63, 3.8) is 0 Å². The molecule has 0 aromatic heterocycles. The Labute approximate surface area is 110 Å². The molecule has 2 atom stereocenters. The van der Waals surface area contributed by atoms with Crippen LogP contribution in [0.15, 0.2) is 18.2 Å². The van der Waals surface area contributed by atoms with Gasteiger partial charge in [-0.3, -0.25) is 0 Å². The highest BCUT2D eigenvalue weighted by molar-refractivity contribution is 5.38. The smallest absolute Gasteiger partial charge is 0.119 e. The highest BCUT2D eigenvalue weighted by Gasteiger charge is 2.18. The topological polar surface area (TPSA) is 29.5 Å². The summed E-state index contributed by atoms with van der Waals surface area (Å²) in [4.78, 5) is 0. The first kappa shape index (κ1) is 13.4. The molecule has 0 fully saturated rings. The lowest BCUT2D eigenvalue weighted by atomic mass is 9.89. The summed E-state index contributed by atoms with van der Waals surface area (Å²) >= 11 is 0. The van der Waals surface area contributed by atoms with Crippen LogP contribution in [0.3, 0.4) is 0 Å². The van der Waals surface area contributed by atoms with Crippen LogP contribution in [0.4, 0.5) is 0 Å². The molecule has 2 heteroatoms. The molecule has 18 heavy (non-hydrogen) atoms. The maximum atomic E-state index is 9.99. The van der Waals surface area contributed by atoms with Gasteiger partial charge in [-0.2, -0.15) is 0 Å². The Bertz CT molecular complexity index is 387. The first-order valence-corrected chi connectivity index (χ1v) is 7.14. The summed E-state index contributed by atoms with van der Waals surface area (Å²) in [7, 11) is 0. The van der Waals surface area contributed by atoms with Gasteiger partial charge in [0, 0.05) is 0 Å². The molecule has 2 nitrogen and oxygen atoms in total. The third-order valence-corrected chi connectivity index (χ3v) is 3.72. The number of aliphatic hydroxyl groups is 1. The number of hydrogen-bond acceptors (Lipinski definition) is 2. The van der Waals surface area contributed by atoms with Gasteiger partial charge in [0.25, 0.3) is 0 Å². The highest BCUT2D eigenvalue weighted by atomic mass is 16.5. The Balaban J connectivity index is 2.00. The molecular weight excluding hydrogens is 224 g/mol. The van der Waals surface area contributed by atoms with E-state index in [4.69, 9.17) is 4.74 Å². The summed E-state index contributed by atoms with van der Waals surface area (Å²) < 4.78 is 5.82. The molecule has 0 spiro atoms. The Morgan fingerprint density at radius 2 is 2.28 bits per heavy atom. The zero-order valence-corrected chi connectivity index (χ0v) is 11.5. The monoisotopic (exact) mass is 248 g/mol. The van der Waals surface area contributed by atoms with Crippen LogP contribution >= 0.6 is 0 Å². The summed E-state index contributed by atoms with van der Waals surface area (Å²) in [6.45, 7) is 5.19. The fourth-order valence-electron chi connectivity index (χ4n) is 2.66. The minimum Gasteiger partial charge on any atom is -0.493 e. The molecular formula is C16H24O2. The number of aliphatic hydroxyl groups excluding tert-OH is 1. The van der Waals surface area contributed by atoms with Crippen LogP contribution in [0, 0.1) is 5.92 Å². The number of hydrogen-bond donors (Lipinski definition) is 1. The third kappa shape index (κ3) is 3.26. The minimum absolute atomic E-state index is 0.301. The lowest BCUT2D eigenvalue weighted by Gasteiger charge is -2.22. The second-order valence-corrected chi connectivity index (χ2v) is 5.47. The summed E-state index contributed by atoms with van der Waals surface area (Å²) in [6, 6.07) is 6.17. The number of fused-ring (bicyclic) bond motifs is 1. The highest BCUT2D eigenvalue weighted by Crippen LogP contribution is 2.32. The van der Waals surface area contributed by atoms with Crippen molar-refractivity contribution in [2.24, 2.45) is 5.92 Å². The number of aryl methyl sites for hydroxylation is 1. The molecule has 1 aromatic rings. The molecule has 2 rings (SSSR count). The lowest BCUT2D eigenvalue weighted by Crippen LogP contribution is -2.11. The normalized spacial score (nSPS) is 20.3. The van der Waals surface area contributed by atoms with E-state index in [1.165, 1.54) is 18.4 Å². The molecule has 0 saturated heterocycles. The second-order valence-electron chi connectivity index (χ2n) is 5.47. The van der Waals surface area contributed by atoms with Crippen molar-refractivity contribution < 1.29 is 9.84 Å². The van der Waals surface area contributed by atoms with Crippen molar-refractivity contribution in [2.45, 2.75) is 52.1 Å². The first-order valence-electron chi connectivity index (χ1n) is 7.14. The van der Waals surface area contributed by atoms with Crippen LogP contribution in [0.5, 0.6) is 5.75 Å². The average Bonchev–Trinajstić information content (AvgIpc) is 2.37. The van der Waals surface area contributed by atoms with E-state index in [0.29, 0.717) is 5.92 Å². The molecule has 0 amide bonds. The van der Waals surface area contributed by atoms with Gasteiger partial charge in [-0.1, -0.05) is 26.3 Å². The van der Waals surface area contributed by atoms with Crippen molar-refractivity contribution in [1.82, 2.24) is 0 Å². The van der Waals surface area contributed by atoms with Gasteiger partial charge >= 0.3 is 0 Å². The van der Waals surface area contributed by atoms with Crippen LogP contribution in [0.1, 0.15) is 56.8 Å². The molecule has 0 saturated carbocycles. The van der Waals surface area contributed by atoms with E-state index in [1.807, 2.05) is 12.1 Å². The molecule has 1 aliphatic rings. The van der Waals surface area contributed by atoms with Gasteiger partial charge in [0.05, 0.1) is 12.7 Å². The Morgan fingerprint density at radius 3 is 3.06 bits per heavy atom. The van der Waals surface area contributed by atoms with Gasteiger partial charge in [-0.25, -0.2) is 0 Å². The van der Waals surface area contributed by atoms with Crippen LogP contribution in [0.2, 0.25) is 0 Å². The molecule has 1 unspecified atom stereocenters. The van der Waals surface area contributed by atoms with Gasteiger partial charge < -0.3 is 9.84 Å². The van der Waals surface area contributed by atoms with Gasteiger partial charge in [-0.15, -0.1) is 0 Å². The standard InChI is InChI=1S/C16H24O2/c1-3-5-12(2)11-18-14-9-8-13-6-4-7-16(17)15(13)10-14/h8-10,12,16-17H,3-7,11H2,1-2H3/t12?,16-/m1/s1. The van der Waals surface area contributed by atoms with E-state index in [-0.39, 0.29) is 6.10 Å². The fraction of sp³-hybridized carbons (Fsp3) is 0.625. The predicted octanol–water partition coefficient (Wildman–Crippen LogP) is 3.87. The predicted molar refractivity (Wildman–Crippen MR) is 73.9 cm³/mol. The van der Waals surface area contributed by atoms with Crippen molar-refractivity contribution >= 4 is 0 Å². The zero-order chi connectivity index (χ0) is 13.0. The first-order chi connectivity index (χ1) is 8.70. The average molecular weight is 248 g/mol. The van der Waals surface area contributed by atoms with Crippen LogP contribution in [-0.2, 0) is 6.42 Å². The molecule has 0 bridgehead atoms. The van der Waals surface area contributed by atoms with Crippen molar-refractivity contribution in [3.05, 3.63) is 29.3 Å². The van der Waals surface area contributed by atoms with Crippen molar-refractivity contribution in [1.29, 1.82) is 0 Å². The molecule has 100 valence electrons. The Hall–Kier alpha value is -1.02. The van der Waals surface area contributed by atoms with Gasteiger partial charge in [0.2, 0.25) is 0 Å². The van der Waals surface area contributed by atoms with Crippen LogP contribution in [-0.4, -0.2) is 11.7 Å². The maximum Gasteiger partial charge on any atom is 0.119 e. The SMILES string of the molecule is CCCC(C)COc1ccc2c(c1)[C@H](O)CCC2. The number of benzene rings is 1. The van der Waals surface area contributed by atoms with Crippen molar-refractivity contribution in [2.75, 3.05) is 6.61 Å². The molecule has 1 aliphatic carbocycles. The summed E-state index contributed by atoms with van der Waals surface area (Å²) in [5, 5.41) is 9.99. The second kappa shape index (κ2) is 6.24. The summed E-state index contributed by atoms with van der Waals surface area (Å²) in [5.41, 5.74) is 2.35. The minimum atomic E-state index is -0.301. The van der Waals surface area contributed by atoms with E-state index in [2.05, 4.69) is 19.9 Å². The van der Waals surface area contributed by atoms with E-state index >= 15 is 0 Å². The maximum absolute atomic E-state index is 9.99. The van der Waals surface area contributed by atoms with Gasteiger partial charge in [0.1, 0.15) is 5.75 Å². The summed E-state index contributed by atoms with van der Waals surface area (Å²) in [6.07, 6.45) is 5.15. The lowest BCUT2D eigenvalue weighted by molar-refractivity contribution is 0.155. The summed E-state index contributed by atoms with van der Waals surface area (Å²) in [5.74, 6) is 1.49. The van der Waals surface area contributed by atoms with Gasteiger partial charge in [-0.05, 0) is 54.9 Å². The van der Waals surface area contributed by atoms with Crippen LogP contribution < -0.4 is 4.74 Å². The van der Waals surface area contributed by atoms with Gasteiger partial charge in [0.15, 0.2) is 0 Å². The van der Waals surface area contributed by atoms with E-state index in [1.54, 1.807) is 0 Å². The van der Waals surface area contributed by atoms with Crippen LogP contribution in [0.25, 0.3) is 0 Å². The Kier molecular flexibility index (Phi) is 4.65. The quantitative estimate of drug-likeness (QED) is 0.857. The van der Waals surface area contributed by atoms with Crippen molar-refractivity contribution in [3.8, 4) is 5.75 Å². The largest absolute Gasteiger partial charge is 0.493 e. The van der Waals surface area contributed by atoms with E-state index < -0.39 is 0 Å². The zero-order valence-electron chi connectivity index (χ0n) is 11.5. The third-order valence-electron chi connectivity index (χ3n) is 3.72. The molecule has 1 N–H and O–H groups in total. The molecule has 0 aliphatic heterocycles. The fourth-order valence-corrected chi connectivity index (χ4v) is 2.66. The van der Waals surface area contributed by atoms with E-state index in [9.17, 15) is 5.11 Å². The Morgan fingerprint density at radius 1 is 1.44 bits per heavy atom. The molecule has 0 heterocycles. The van der Waals surface area contributed by atoms with E-state index in [0.717, 1.165) is 37.2 Å². The number of rotatable bonds is 5. The molecule has 1 aromatic carbocycles. The number of ether oxygens (including phenoxy) is 1.